The average molecular weight is 269 g/mol. The number of hydrogen-bond acceptors (Lipinski definition) is 5. The lowest BCUT2D eigenvalue weighted by atomic mass is 10.2. The fourth-order valence-electron chi connectivity index (χ4n) is 2.33. The topological polar surface area (TPSA) is 67.0 Å². The van der Waals surface area contributed by atoms with Crippen LogP contribution in [0.15, 0.2) is 11.1 Å². The van der Waals surface area contributed by atoms with Crippen LogP contribution in [0.4, 0.5) is 5.82 Å². The predicted molar refractivity (Wildman–Crippen MR) is 74.6 cm³/mol. The van der Waals surface area contributed by atoms with E-state index in [1.54, 1.807) is 0 Å². The second kappa shape index (κ2) is 6.13. The van der Waals surface area contributed by atoms with Gasteiger partial charge in [-0.25, -0.2) is 4.98 Å². The molecule has 0 saturated heterocycles. The first kappa shape index (κ1) is 13.3. The van der Waals surface area contributed by atoms with E-state index in [2.05, 4.69) is 22.2 Å². The Morgan fingerprint density at radius 3 is 3.17 bits per heavy atom. The first-order chi connectivity index (χ1) is 8.74. The first-order valence-corrected chi connectivity index (χ1v) is 7.29. The fourth-order valence-corrected chi connectivity index (χ4v) is 3.47. The van der Waals surface area contributed by atoms with Gasteiger partial charge >= 0.3 is 0 Å². The molecule has 1 aliphatic carbocycles. The second-order valence-corrected chi connectivity index (χ2v) is 5.92. The number of ether oxygens (including phenoxy) is 1. The van der Waals surface area contributed by atoms with Crippen LogP contribution in [-0.4, -0.2) is 34.1 Å². The third-order valence-corrected chi connectivity index (χ3v) is 4.38. The van der Waals surface area contributed by atoms with Gasteiger partial charge in [-0.15, -0.1) is 0 Å². The lowest BCUT2D eigenvalue weighted by Crippen LogP contribution is -2.20. The normalized spacial score (nSPS) is 23.0. The Hall–Kier alpha value is -1.17. The zero-order valence-corrected chi connectivity index (χ0v) is 11.5. The lowest BCUT2D eigenvalue weighted by Gasteiger charge is -2.15. The monoisotopic (exact) mass is 269 g/mol. The van der Waals surface area contributed by atoms with E-state index in [0.29, 0.717) is 11.9 Å². The molecule has 18 heavy (non-hydrogen) atoms. The number of rotatable bonds is 5. The number of hydrogen-bond donors (Lipinski definition) is 2. The average Bonchev–Trinajstić information content (AvgIpc) is 2.77. The molecule has 2 rings (SSSR count). The van der Waals surface area contributed by atoms with Crippen LogP contribution in [0.3, 0.4) is 0 Å². The van der Waals surface area contributed by atoms with Gasteiger partial charge in [-0.3, -0.25) is 4.79 Å². The van der Waals surface area contributed by atoms with E-state index in [1.165, 1.54) is 19.9 Å². The molecule has 5 nitrogen and oxygen atoms in total. The van der Waals surface area contributed by atoms with Gasteiger partial charge in [0.2, 0.25) is 5.75 Å². The maximum absolute atomic E-state index is 11.5. The number of aromatic amines is 1. The van der Waals surface area contributed by atoms with Crippen molar-refractivity contribution in [2.75, 3.05) is 18.2 Å². The van der Waals surface area contributed by atoms with Crippen LogP contribution in [0.1, 0.15) is 26.2 Å². The Morgan fingerprint density at radius 2 is 2.44 bits per heavy atom. The molecule has 2 unspecified atom stereocenters. The minimum atomic E-state index is -0.243. The Morgan fingerprint density at radius 1 is 1.61 bits per heavy atom. The minimum Gasteiger partial charge on any atom is -0.489 e. The van der Waals surface area contributed by atoms with E-state index in [1.807, 2.05) is 11.8 Å². The summed E-state index contributed by atoms with van der Waals surface area (Å²) < 4.78 is 5.09. The number of thioether (sulfide) groups is 1. The molecule has 1 aromatic rings. The maximum Gasteiger partial charge on any atom is 0.295 e. The summed E-state index contributed by atoms with van der Waals surface area (Å²) in [6, 6.07) is 0.386. The van der Waals surface area contributed by atoms with Crippen molar-refractivity contribution in [3.63, 3.8) is 0 Å². The van der Waals surface area contributed by atoms with Gasteiger partial charge in [0.25, 0.3) is 5.56 Å². The van der Waals surface area contributed by atoms with Crippen molar-refractivity contribution in [3.05, 3.63) is 16.7 Å². The highest BCUT2D eigenvalue weighted by Crippen LogP contribution is 2.32. The Labute approximate surface area is 111 Å². The molecule has 0 radical (unpaired) electrons. The summed E-state index contributed by atoms with van der Waals surface area (Å²) in [5.41, 5.74) is -0.243. The van der Waals surface area contributed by atoms with E-state index in [0.717, 1.165) is 23.8 Å². The Kier molecular flexibility index (Phi) is 4.52. The van der Waals surface area contributed by atoms with Crippen molar-refractivity contribution in [3.8, 4) is 5.75 Å². The van der Waals surface area contributed by atoms with Gasteiger partial charge in [0.05, 0.1) is 13.4 Å². The van der Waals surface area contributed by atoms with E-state index in [4.69, 9.17) is 4.74 Å². The van der Waals surface area contributed by atoms with Gasteiger partial charge in [-0.1, -0.05) is 6.92 Å². The van der Waals surface area contributed by atoms with Crippen molar-refractivity contribution >= 4 is 17.6 Å². The molecule has 0 spiro atoms. The van der Waals surface area contributed by atoms with Crippen molar-refractivity contribution in [1.82, 2.24) is 9.97 Å². The summed E-state index contributed by atoms with van der Waals surface area (Å²) in [6.07, 6.45) is 4.87. The summed E-state index contributed by atoms with van der Waals surface area (Å²) >= 11 is 2.01. The van der Waals surface area contributed by atoms with Gasteiger partial charge < -0.3 is 15.0 Å². The lowest BCUT2D eigenvalue weighted by molar-refractivity contribution is 0.407. The van der Waals surface area contributed by atoms with Crippen molar-refractivity contribution in [1.29, 1.82) is 0 Å². The zero-order chi connectivity index (χ0) is 13.0. The molecule has 0 bridgehead atoms. The smallest absolute Gasteiger partial charge is 0.295 e. The van der Waals surface area contributed by atoms with Gasteiger partial charge in [-0.05, 0) is 25.0 Å². The minimum absolute atomic E-state index is 0.243. The van der Waals surface area contributed by atoms with E-state index in [-0.39, 0.29) is 11.3 Å². The summed E-state index contributed by atoms with van der Waals surface area (Å²) in [4.78, 5) is 18.2. The van der Waals surface area contributed by atoms with Gasteiger partial charge in [0.15, 0.2) is 5.82 Å². The van der Waals surface area contributed by atoms with Crippen molar-refractivity contribution in [2.24, 2.45) is 0 Å². The number of nitrogens with zero attached hydrogens (tertiary/aromatic N) is 1. The molecule has 1 aliphatic rings. The van der Waals surface area contributed by atoms with Crippen LogP contribution < -0.4 is 15.6 Å². The van der Waals surface area contributed by atoms with Crippen molar-refractivity contribution < 1.29 is 4.74 Å². The van der Waals surface area contributed by atoms with Crippen LogP contribution in [0.25, 0.3) is 0 Å². The number of H-pyrrole nitrogens is 1. The SMILES string of the molecule is CCSC1CCC(Nc2nc[nH]c(=O)c2OC)C1. The molecule has 1 aromatic heterocycles. The van der Waals surface area contributed by atoms with Crippen molar-refractivity contribution in [2.45, 2.75) is 37.5 Å². The van der Waals surface area contributed by atoms with Crippen LogP contribution >= 0.6 is 11.8 Å². The van der Waals surface area contributed by atoms with Crippen LogP contribution in [0.2, 0.25) is 0 Å². The molecular weight excluding hydrogens is 250 g/mol. The second-order valence-electron chi connectivity index (χ2n) is 4.35. The predicted octanol–water partition coefficient (Wildman–Crippen LogP) is 1.86. The maximum atomic E-state index is 11.5. The fraction of sp³-hybridized carbons (Fsp3) is 0.667. The summed E-state index contributed by atoms with van der Waals surface area (Å²) in [7, 11) is 1.49. The van der Waals surface area contributed by atoms with Crippen LogP contribution in [-0.2, 0) is 0 Å². The van der Waals surface area contributed by atoms with E-state index >= 15 is 0 Å². The molecule has 1 fully saturated rings. The highest BCUT2D eigenvalue weighted by atomic mass is 32.2. The number of anilines is 1. The Bertz CT molecular complexity index is 449. The third kappa shape index (κ3) is 2.98. The van der Waals surface area contributed by atoms with Gasteiger partial charge in [-0.2, -0.15) is 11.8 Å². The third-order valence-electron chi connectivity index (χ3n) is 3.14. The first-order valence-electron chi connectivity index (χ1n) is 6.24. The van der Waals surface area contributed by atoms with Crippen LogP contribution in [0.5, 0.6) is 5.75 Å². The molecule has 100 valence electrons. The number of aromatic nitrogens is 2. The van der Waals surface area contributed by atoms with Gasteiger partial charge in [0, 0.05) is 11.3 Å². The molecular formula is C12H19N3O2S. The standard InChI is InChI=1S/C12H19N3O2S/c1-3-18-9-5-4-8(6-9)15-11-10(17-2)12(16)14-7-13-11/h7-9H,3-6H2,1-2H3,(H2,13,14,15,16). The molecule has 1 saturated carbocycles. The Balaban J connectivity index is 2.02. The molecule has 2 atom stereocenters. The molecule has 1 heterocycles. The number of nitrogens with one attached hydrogen (secondary N) is 2. The van der Waals surface area contributed by atoms with Crippen LogP contribution in [0, 0.1) is 0 Å². The molecule has 2 N–H and O–H groups in total. The zero-order valence-electron chi connectivity index (χ0n) is 10.7. The molecule has 6 heteroatoms. The number of methoxy groups -OCH3 is 1. The molecule has 0 aliphatic heterocycles. The highest BCUT2D eigenvalue weighted by Gasteiger charge is 2.25. The summed E-state index contributed by atoms with van der Waals surface area (Å²) in [5.74, 6) is 1.97. The summed E-state index contributed by atoms with van der Waals surface area (Å²) in [6.45, 7) is 2.19. The summed E-state index contributed by atoms with van der Waals surface area (Å²) in [5, 5.41) is 4.04. The quantitative estimate of drug-likeness (QED) is 0.854. The molecule has 0 amide bonds. The van der Waals surface area contributed by atoms with Gasteiger partial charge in [0.1, 0.15) is 0 Å². The highest BCUT2D eigenvalue weighted by molar-refractivity contribution is 7.99. The van der Waals surface area contributed by atoms with E-state index < -0.39 is 0 Å². The molecule has 0 aromatic carbocycles. The largest absolute Gasteiger partial charge is 0.489 e. The van der Waals surface area contributed by atoms with E-state index in [9.17, 15) is 4.79 Å².